The lowest BCUT2D eigenvalue weighted by Gasteiger charge is -2.28. The summed E-state index contributed by atoms with van der Waals surface area (Å²) in [5, 5.41) is 13.5. The van der Waals surface area contributed by atoms with Gasteiger partial charge in [0.1, 0.15) is 5.60 Å². The summed E-state index contributed by atoms with van der Waals surface area (Å²) in [7, 11) is 0. The third kappa shape index (κ3) is 4.07. The van der Waals surface area contributed by atoms with Crippen molar-refractivity contribution in [2.45, 2.75) is 52.7 Å². The molecule has 0 bridgehead atoms. The van der Waals surface area contributed by atoms with Crippen LogP contribution in [0.15, 0.2) is 18.2 Å². The Labute approximate surface area is 111 Å². The van der Waals surface area contributed by atoms with E-state index in [0.717, 1.165) is 12.2 Å². The second kappa shape index (κ2) is 5.37. The Hall–Kier alpha value is -0.930. The monoisotopic (exact) mass is 250 g/mol. The normalized spacial score (nSPS) is 13.1. The number of nitrogens with zero attached hydrogens (tertiary/aromatic N) is 1. The molecule has 0 aliphatic carbocycles. The van der Waals surface area contributed by atoms with E-state index in [-0.39, 0.29) is 5.54 Å². The van der Waals surface area contributed by atoms with E-state index in [1.807, 2.05) is 18.2 Å². The molecule has 0 fully saturated rings. The van der Waals surface area contributed by atoms with Gasteiger partial charge in [-0.1, -0.05) is 19.9 Å². The molecule has 0 unspecified atom stereocenters. The van der Waals surface area contributed by atoms with Crippen LogP contribution >= 0.6 is 0 Å². The molecule has 0 amide bonds. The van der Waals surface area contributed by atoms with E-state index in [2.05, 4.69) is 38.0 Å². The first-order valence-corrected chi connectivity index (χ1v) is 6.58. The van der Waals surface area contributed by atoms with E-state index in [4.69, 9.17) is 0 Å². The van der Waals surface area contributed by atoms with Gasteiger partial charge in [-0.05, 0) is 52.3 Å². The molecule has 3 heteroatoms. The zero-order chi connectivity index (χ0) is 14.0. The predicted molar refractivity (Wildman–Crippen MR) is 75.3 cm³/mol. The van der Waals surface area contributed by atoms with Gasteiger partial charge in [0.05, 0.1) is 16.9 Å². The van der Waals surface area contributed by atoms with Gasteiger partial charge < -0.3 is 10.4 Å². The number of aliphatic hydroxyl groups is 1. The van der Waals surface area contributed by atoms with Gasteiger partial charge in [-0.25, -0.2) is 0 Å². The first-order chi connectivity index (χ1) is 8.13. The molecule has 2 N–H and O–H groups in total. The molecule has 1 aromatic rings. The number of pyridine rings is 1. The van der Waals surface area contributed by atoms with Crippen LogP contribution in [0, 0.1) is 5.92 Å². The largest absolute Gasteiger partial charge is 0.384 e. The third-order valence-corrected chi connectivity index (χ3v) is 2.97. The molecule has 102 valence electrons. The topological polar surface area (TPSA) is 45.1 Å². The van der Waals surface area contributed by atoms with Crippen LogP contribution in [0.1, 0.15) is 52.9 Å². The van der Waals surface area contributed by atoms with E-state index in [9.17, 15) is 5.11 Å². The molecule has 0 saturated heterocycles. The lowest BCUT2D eigenvalue weighted by molar-refractivity contribution is 0.0733. The SMILES string of the molecule is CC(C)CNC(C)(C)c1cccc(C(C)(C)O)n1. The van der Waals surface area contributed by atoms with Crippen molar-refractivity contribution in [1.29, 1.82) is 0 Å². The third-order valence-electron chi connectivity index (χ3n) is 2.97. The van der Waals surface area contributed by atoms with E-state index in [0.29, 0.717) is 11.6 Å². The fourth-order valence-corrected chi connectivity index (χ4v) is 1.67. The number of aromatic nitrogens is 1. The fourth-order valence-electron chi connectivity index (χ4n) is 1.67. The minimum atomic E-state index is -0.899. The van der Waals surface area contributed by atoms with Crippen molar-refractivity contribution in [3.63, 3.8) is 0 Å². The highest BCUT2D eigenvalue weighted by Gasteiger charge is 2.24. The Bertz CT molecular complexity index is 392. The van der Waals surface area contributed by atoms with Gasteiger partial charge in [-0.2, -0.15) is 0 Å². The average Bonchev–Trinajstić information content (AvgIpc) is 2.26. The summed E-state index contributed by atoms with van der Waals surface area (Å²) in [5.74, 6) is 0.599. The van der Waals surface area contributed by atoms with Crippen LogP contribution in [-0.2, 0) is 11.1 Å². The molecule has 0 saturated carbocycles. The summed E-state index contributed by atoms with van der Waals surface area (Å²) < 4.78 is 0. The van der Waals surface area contributed by atoms with Crippen molar-refractivity contribution in [3.05, 3.63) is 29.6 Å². The first kappa shape index (κ1) is 15.1. The second-order valence-corrected chi connectivity index (χ2v) is 6.37. The highest BCUT2D eigenvalue weighted by Crippen LogP contribution is 2.22. The Morgan fingerprint density at radius 2 is 1.72 bits per heavy atom. The van der Waals surface area contributed by atoms with Crippen LogP contribution < -0.4 is 5.32 Å². The Balaban J connectivity index is 2.95. The van der Waals surface area contributed by atoms with Crippen molar-refractivity contribution in [3.8, 4) is 0 Å². The van der Waals surface area contributed by atoms with Crippen LogP contribution in [0.4, 0.5) is 0 Å². The van der Waals surface area contributed by atoms with Gasteiger partial charge in [-0.3, -0.25) is 4.98 Å². The average molecular weight is 250 g/mol. The van der Waals surface area contributed by atoms with Gasteiger partial charge in [0.15, 0.2) is 0 Å². The Morgan fingerprint density at radius 1 is 1.17 bits per heavy atom. The highest BCUT2D eigenvalue weighted by atomic mass is 16.3. The minimum Gasteiger partial charge on any atom is -0.384 e. The maximum atomic E-state index is 10.0. The number of hydrogen-bond acceptors (Lipinski definition) is 3. The van der Waals surface area contributed by atoms with Crippen molar-refractivity contribution in [1.82, 2.24) is 10.3 Å². The summed E-state index contributed by atoms with van der Waals surface area (Å²) in [5.41, 5.74) is 0.581. The smallest absolute Gasteiger partial charge is 0.101 e. The number of hydrogen-bond donors (Lipinski definition) is 2. The van der Waals surface area contributed by atoms with Gasteiger partial charge in [0.2, 0.25) is 0 Å². The van der Waals surface area contributed by atoms with Crippen molar-refractivity contribution in [2.24, 2.45) is 5.92 Å². The van der Waals surface area contributed by atoms with Crippen molar-refractivity contribution < 1.29 is 5.11 Å². The summed E-state index contributed by atoms with van der Waals surface area (Å²) in [6, 6.07) is 5.82. The van der Waals surface area contributed by atoms with E-state index < -0.39 is 5.60 Å². The molecule has 0 aromatic carbocycles. The fraction of sp³-hybridized carbons (Fsp3) is 0.667. The van der Waals surface area contributed by atoms with Gasteiger partial charge in [0.25, 0.3) is 0 Å². The van der Waals surface area contributed by atoms with E-state index >= 15 is 0 Å². The van der Waals surface area contributed by atoms with Gasteiger partial charge >= 0.3 is 0 Å². The highest BCUT2D eigenvalue weighted by molar-refractivity contribution is 5.20. The van der Waals surface area contributed by atoms with Gasteiger partial charge in [0, 0.05) is 0 Å². The lowest BCUT2D eigenvalue weighted by atomic mass is 9.96. The molecule has 3 nitrogen and oxygen atoms in total. The molecule has 1 heterocycles. The number of nitrogens with one attached hydrogen (secondary N) is 1. The molecule has 0 aliphatic rings. The maximum Gasteiger partial charge on any atom is 0.101 e. The molecule has 0 aliphatic heterocycles. The molecule has 0 radical (unpaired) electrons. The van der Waals surface area contributed by atoms with Crippen LogP contribution in [-0.4, -0.2) is 16.6 Å². The summed E-state index contributed by atoms with van der Waals surface area (Å²) >= 11 is 0. The second-order valence-electron chi connectivity index (χ2n) is 6.37. The Kier molecular flexibility index (Phi) is 4.51. The molecular formula is C15H26N2O. The molecule has 0 spiro atoms. The van der Waals surface area contributed by atoms with Crippen LogP contribution in [0.2, 0.25) is 0 Å². The molecule has 0 atom stereocenters. The maximum absolute atomic E-state index is 10.0. The number of rotatable bonds is 5. The van der Waals surface area contributed by atoms with Crippen molar-refractivity contribution >= 4 is 0 Å². The lowest BCUT2D eigenvalue weighted by Crippen LogP contribution is -2.40. The first-order valence-electron chi connectivity index (χ1n) is 6.58. The van der Waals surface area contributed by atoms with Crippen LogP contribution in [0.5, 0.6) is 0 Å². The zero-order valence-corrected chi connectivity index (χ0v) is 12.4. The minimum absolute atomic E-state index is 0.189. The molecule has 1 aromatic heterocycles. The Morgan fingerprint density at radius 3 is 2.22 bits per heavy atom. The standard InChI is InChI=1S/C15H26N2O/c1-11(2)10-16-14(3,4)12-8-7-9-13(17-12)15(5,6)18/h7-9,11,16,18H,10H2,1-6H3. The van der Waals surface area contributed by atoms with Crippen LogP contribution in [0.3, 0.4) is 0 Å². The van der Waals surface area contributed by atoms with Crippen molar-refractivity contribution in [2.75, 3.05) is 6.54 Å². The quantitative estimate of drug-likeness (QED) is 0.844. The molecule has 18 heavy (non-hydrogen) atoms. The molecular weight excluding hydrogens is 224 g/mol. The summed E-state index contributed by atoms with van der Waals surface area (Å²) in [6.45, 7) is 13.1. The summed E-state index contributed by atoms with van der Waals surface area (Å²) in [4.78, 5) is 4.58. The predicted octanol–water partition coefficient (Wildman–Crippen LogP) is 2.79. The van der Waals surface area contributed by atoms with E-state index in [1.165, 1.54) is 0 Å². The zero-order valence-electron chi connectivity index (χ0n) is 12.4. The molecule has 1 rings (SSSR count). The van der Waals surface area contributed by atoms with Crippen LogP contribution in [0.25, 0.3) is 0 Å². The van der Waals surface area contributed by atoms with E-state index in [1.54, 1.807) is 13.8 Å². The summed E-state index contributed by atoms with van der Waals surface area (Å²) in [6.07, 6.45) is 0. The van der Waals surface area contributed by atoms with Gasteiger partial charge in [-0.15, -0.1) is 0 Å².